The molecule has 0 aromatic heterocycles. The molecule has 0 heterocycles. The molecule has 0 atom stereocenters. The fraction of sp³-hybridized carbons (Fsp3) is 0.250. The third-order valence-corrected chi connectivity index (χ3v) is 3.06. The molecule has 4 nitrogen and oxygen atoms in total. The molecule has 84 valence electrons. The molecule has 1 amide bonds. The average Bonchev–Trinajstić information content (AvgIpc) is 3.10. The quantitative estimate of drug-likeness (QED) is 0.869. The topological polar surface area (TPSA) is 76.7 Å². The monoisotopic (exact) mass is 245 g/mol. The van der Waals surface area contributed by atoms with E-state index in [2.05, 4.69) is 5.32 Å². The van der Waals surface area contributed by atoms with Gasteiger partial charge >= 0.3 is 0 Å². The van der Waals surface area contributed by atoms with Gasteiger partial charge in [0, 0.05) is 5.69 Å². The van der Waals surface area contributed by atoms with Crippen LogP contribution in [0.4, 0.5) is 5.69 Å². The summed E-state index contributed by atoms with van der Waals surface area (Å²) in [6.45, 7) is 0. The predicted octanol–water partition coefficient (Wildman–Crippen LogP) is 2.45. The molecule has 1 saturated carbocycles. The van der Waals surface area contributed by atoms with Gasteiger partial charge in [-0.15, -0.1) is 0 Å². The smallest absolute Gasteiger partial charge is 0.244 e. The molecule has 17 heavy (non-hydrogen) atoms. The van der Waals surface area contributed by atoms with Crippen LogP contribution in [0.3, 0.4) is 0 Å². The maximum atomic E-state index is 11.8. The second-order valence-electron chi connectivity index (χ2n) is 3.95. The summed E-state index contributed by atoms with van der Waals surface area (Å²) in [7, 11) is 0. The zero-order chi connectivity index (χ0) is 12.5. The maximum absolute atomic E-state index is 11.8. The Hall–Kier alpha value is -2.04. The van der Waals surface area contributed by atoms with Crippen LogP contribution in [0.25, 0.3) is 0 Å². The van der Waals surface area contributed by atoms with E-state index >= 15 is 0 Å². The van der Waals surface area contributed by atoms with E-state index in [1.54, 1.807) is 6.07 Å². The van der Waals surface area contributed by atoms with Crippen molar-refractivity contribution in [1.82, 2.24) is 0 Å². The molecule has 0 radical (unpaired) electrons. The van der Waals surface area contributed by atoms with Crippen LogP contribution in [0.5, 0.6) is 0 Å². The zero-order valence-corrected chi connectivity index (χ0v) is 9.58. The minimum absolute atomic E-state index is 0.284. The fourth-order valence-electron chi connectivity index (χ4n) is 1.45. The maximum Gasteiger partial charge on any atom is 0.244 e. The molecular formula is C12H8ClN3O. The lowest BCUT2D eigenvalue weighted by atomic mass is 10.1. The summed E-state index contributed by atoms with van der Waals surface area (Å²) in [6, 6.07) is 8.57. The van der Waals surface area contributed by atoms with Gasteiger partial charge in [-0.25, -0.2) is 0 Å². The first-order valence-electron chi connectivity index (χ1n) is 5.04. The van der Waals surface area contributed by atoms with E-state index in [1.807, 2.05) is 12.1 Å². The average molecular weight is 246 g/mol. The van der Waals surface area contributed by atoms with Crippen molar-refractivity contribution in [2.24, 2.45) is 5.41 Å². The summed E-state index contributed by atoms with van der Waals surface area (Å²) >= 11 is 5.84. The molecule has 1 aromatic carbocycles. The molecule has 1 aromatic rings. The molecule has 0 aliphatic heterocycles. The SMILES string of the molecule is N#Cc1ccc(NC(=O)C2(C#N)CC2)cc1Cl. The highest BCUT2D eigenvalue weighted by Gasteiger charge is 2.50. The van der Waals surface area contributed by atoms with Crippen molar-refractivity contribution >= 4 is 23.2 Å². The van der Waals surface area contributed by atoms with E-state index in [0.717, 1.165) is 0 Å². The van der Waals surface area contributed by atoms with Crippen LogP contribution in [0.1, 0.15) is 18.4 Å². The Labute approximate surface area is 103 Å². The molecule has 1 fully saturated rings. The summed E-state index contributed by atoms with van der Waals surface area (Å²) in [6.07, 6.45) is 1.19. The van der Waals surface area contributed by atoms with Gasteiger partial charge in [0.15, 0.2) is 0 Å². The lowest BCUT2D eigenvalue weighted by Gasteiger charge is -2.08. The number of benzene rings is 1. The first-order chi connectivity index (χ1) is 8.11. The lowest BCUT2D eigenvalue weighted by Crippen LogP contribution is -2.22. The van der Waals surface area contributed by atoms with Gasteiger partial charge < -0.3 is 5.32 Å². The number of nitriles is 2. The van der Waals surface area contributed by atoms with E-state index in [1.165, 1.54) is 12.1 Å². The largest absolute Gasteiger partial charge is 0.325 e. The van der Waals surface area contributed by atoms with Crippen molar-refractivity contribution in [3.63, 3.8) is 0 Å². The molecule has 1 N–H and O–H groups in total. The van der Waals surface area contributed by atoms with Gasteiger partial charge in [-0.1, -0.05) is 11.6 Å². The van der Waals surface area contributed by atoms with E-state index in [4.69, 9.17) is 22.1 Å². The number of hydrogen-bond donors (Lipinski definition) is 1. The zero-order valence-electron chi connectivity index (χ0n) is 8.83. The Balaban J connectivity index is 2.16. The van der Waals surface area contributed by atoms with Crippen molar-refractivity contribution in [3.05, 3.63) is 28.8 Å². The number of nitrogens with one attached hydrogen (secondary N) is 1. The number of halogens is 1. The number of carbonyl (C=O) groups excluding carboxylic acids is 1. The standard InChI is InChI=1S/C12H8ClN3O/c13-10-5-9(2-1-8(10)6-14)16-11(17)12(7-15)3-4-12/h1-2,5H,3-4H2,(H,16,17). The van der Waals surface area contributed by atoms with Gasteiger partial charge in [0.2, 0.25) is 5.91 Å². The number of anilines is 1. The normalized spacial score (nSPS) is 15.5. The van der Waals surface area contributed by atoms with Crippen molar-refractivity contribution in [3.8, 4) is 12.1 Å². The van der Waals surface area contributed by atoms with Crippen LogP contribution < -0.4 is 5.32 Å². The summed E-state index contributed by atoms with van der Waals surface area (Å²) < 4.78 is 0. The Bertz CT molecular complexity index is 564. The van der Waals surface area contributed by atoms with Crippen molar-refractivity contribution < 1.29 is 4.79 Å². The Morgan fingerprint density at radius 2 is 2.12 bits per heavy atom. The van der Waals surface area contributed by atoms with Gasteiger partial charge in [-0.2, -0.15) is 10.5 Å². The summed E-state index contributed by atoms with van der Waals surface area (Å²) in [5, 5.41) is 20.5. The van der Waals surface area contributed by atoms with E-state index in [-0.39, 0.29) is 10.9 Å². The van der Waals surface area contributed by atoms with E-state index < -0.39 is 5.41 Å². The van der Waals surface area contributed by atoms with Crippen LogP contribution in [-0.2, 0) is 4.79 Å². The number of amides is 1. The van der Waals surface area contributed by atoms with E-state index in [9.17, 15) is 4.79 Å². The van der Waals surface area contributed by atoms with Gasteiger partial charge in [0.1, 0.15) is 11.5 Å². The molecular weight excluding hydrogens is 238 g/mol. The van der Waals surface area contributed by atoms with Gasteiger partial charge in [0.05, 0.1) is 16.7 Å². The highest BCUT2D eigenvalue weighted by atomic mass is 35.5. The summed E-state index contributed by atoms with van der Waals surface area (Å²) in [5.74, 6) is -0.305. The minimum Gasteiger partial charge on any atom is -0.325 e. The molecule has 0 spiro atoms. The fourth-order valence-corrected chi connectivity index (χ4v) is 1.67. The molecule has 1 aliphatic rings. The molecule has 1 aliphatic carbocycles. The van der Waals surface area contributed by atoms with Crippen molar-refractivity contribution in [2.75, 3.05) is 5.32 Å². The molecule has 2 rings (SSSR count). The first kappa shape index (κ1) is 11.4. The van der Waals surface area contributed by atoms with Crippen LogP contribution >= 0.6 is 11.6 Å². The number of carbonyl (C=O) groups is 1. The Kier molecular flexibility index (Phi) is 2.75. The van der Waals surface area contributed by atoms with Gasteiger partial charge in [-0.05, 0) is 31.0 Å². The second-order valence-corrected chi connectivity index (χ2v) is 4.36. The summed E-state index contributed by atoms with van der Waals surface area (Å²) in [5.41, 5.74) is -0.00740. The van der Waals surface area contributed by atoms with Crippen LogP contribution in [0.2, 0.25) is 5.02 Å². The lowest BCUT2D eigenvalue weighted by molar-refractivity contribution is -0.119. The van der Waals surface area contributed by atoms with Gasteiger partial charge in [0.25, 0.3) is 0 Å². The van der Waals surface area contributed by atoms with Crippen molar-refractivity contribution in [1.29, 1.82) is 10.5 Å². The van der Waals surface area contributed by atoms with Crippen molar-refractivity contribution in [2.45, 2.75) is 12.8 Å². The Morgan fingerprint density at radius 3 is 2.59 bits per heavy atom. The molecule has 0 saturated heterocycles. The third-order valence-electron chi connectivity index (χ3n) is 2.75. The predicted molar refractivity (Wildman–Crippen MR) is 62.1 cm³/mol. The molecule has 0 bridgehead atoms. The second kappa shape index (κ2) is 4.08. The molecule has 5 heteroatoms. The number of rotatable bonds is 2. The molecule has 0 unspecified atom stereocenters. The number of hydrogen-bond acceptors (Lipinski definition) is 3. The minimum atomic E-state index is -0.861. The summed E-state index contributed by atoms with van der Waals surface area (Å²) in [4.78, 5) is 11.8. The third kappa shape index (κ3) is 2.08. The highest BCUT2D eigenvalue weighted by Crippen LogP contribution is 2.45. The van der Waals surface area contributed by atoms with E-state index in [0.29, 0.717) is 24.1 Å². The first-order valence-corrected chi connectivity index (χ1v) is 5.41. The Morgan fingerprint density at radius 1 is 1.41 bits per heavy atom. The van der Waals surface area contributed by atoms with Gasteiger partial charge in [-0.3, -0.25) is 4.79 Å². The number of nitrogens with zero attached hydrogens (tertiary/aromatic N) is 2. The van der Waals surface area contributed by atoms with Crippen LogP contribution in [0.15, 0.2) is 18.2 Å². The van der Waals surface area contributed by atoms with Crippen LogP contribution in [0, 0.1) is 28.1 Å². The highest BCUT2D eigenvalue weighted by molar-refractivity contribution is 6.32. The van der Waals surface area contributed by atoms with Crippen LogP contribution in [-0.4, -0.2) is 5.91 Å².